The van der Waals surface area contributed by atoms with Gasteiger partial charge in [-0.15, -0.1) is 0 Å². The van der Waals surface area contributed by atoms with Crippen LogP contribution in [-0.4, -0.2) is 30.0 Å². The molecule has 1 amide bonds. The topological polar surface area (TPSA) is 117 Å². The van der Waals surface area contributed by atoms with Crippen LogP contribution in [0.15, 0.2) is 103 Å². The Labute approximate surface area is 231 Å². The van der Waals surface area contributed by atoms with E-state index in [1.165, 1.54) is 25.3 Å². The van der Waals surface area contributed by atoms with Crippen molar-refractivity contribution < 1.29 is 28.7 Å². The van der Waals surface area contributed by atoms with Crippen LogP contribution < -0.4 is 14.8 Å². The Morgan fingerprint density at radius 3 is 2.00 bits per heavy atom. The molecule has 4 aromatic rings. The zero-order valence-electron chi connectivity index (χ0n) is 21.8. The third kappa shape index (κ3) is 7.67. The smallest absolute Gasteiger partial charge is 0.328 e. The number of amides is 1. The molecule has 9 nitrogen and oxygen atoms in total. The number of nitro benzene ring substituents is 1. The molecule has 0 aliphatic rings. The maximum Gasteiger partial charge on any atom is 0.328 e. The van der Waals surface area contributed by atoms with Gasteiger partial charge in [0.15, 0.2) is 11.5 Å². The van der Waals surface area contributed by atoms with Gasteiger partial charge in [0.25, 0.3) is 11.6 Å². The summed E-state index contributed by atoms with van der Waals surface area (Å²) in [6, 6.07) is 28.9. The summed E-state index contributed by atoms with van der Waals surface area (Å²) in [7, 11) is 1.23. The summed E-state index contributed by atoms with van der Waals surface area (Å²) in [6.07, 6.45) is 0.0913. The molecule has 0 spiro atoms. The van der Waals surface area contributed by atoms with Crippen molar-refractivity contribution in [1.82, 2.24) is 5.32 Å². The molecule has 0 aliphatic heterocycles. The summed E-state index contributed by atoms with van der Waals surface area (Å²) >= 11 is 0. The highest BCUT2D eigenvalue weighted by molar-refractivity contribution is 5.97. The molecule has 9 heteroatoms. The van der Waals surface area contributed by atoms with E-state index >= 15 is 0 Å². The minimum absolute atomic E-state index is 0.0552. The van der Waals surface area contributed by atoms with E-state index in [4.69, 9.17) is 14.2 Å². The zero-order chi connectivity index (χ0) is 28.3. The first kappa shape index (κ1) is 27.8. The summed E-state index contributed by atoms with van der Waals surface area (Å²) in [5, 5.41) is 13.7. The van der Waals surface area contributed by atoms with Crippen LogP contribution in [0.3, 0.4) is 0 Å². The van der Waals surface area contributed by atoms with Gasteiger partial charge in [-0.05, 0) is 34.9 Å². The van der Waals surface area contributed by atoms with Gasteiger partial charge in [0.05, 0.1) is 12.0 Å². The van der Waals surface area contributed by atoms with Crippen molar-refractivity contribution in [3.8, 4) is 11.5 Å². The first-order chi connectivity index (χ1) is 19.4. The lowest BCUT2D eigenvalue weighted by molar-refractivity contribution is -0.384. The van der Waals surface area contributed by atoms with E-state index in [-0.39, 0.29) is 17.7 Å². The number of hydrogen-bond acceptors (Lipinski definition) is 7. The maximum absolute atomic E-state index is 12.9. The largest absolute Gasteiger partial charge is 0.485 e. The van der Waals surface area contributed by atoms with Gasteiger partial charge in [-0.2, -0.15) is 0 Å². The quantitative estimate of drug-likeness (QED) is 0.148. The average Bonchev–Trinajstić information content (AvgIpc) is 2.99. The monoisotopic (exact) mass is 540 g/mol. The van der Waals surface area contributed by atoms with Crippen LogP contribution in [0.4, 0.5) is 5.69 Å². The first-order valence-corrected chi connectivity index (χ1v) is 12.5. The molecule has 1 N–H and O–H groups in total. The summed E-state index contributed by atoms with van der Waals surface area (Å²) in [6.45, 7) is 0.641. The van der Waals surface area contributed by atoms with Gasteiger partial charge in [0.2, 0.25) is 0 Å². The summed E-state index contributed by atoms with van der Waals surface area (Å²) in [5.41, 5.74) is 2.48. The number of benzene rings is 4. The van der Waals surface area contributed by atoms with Crippen LogP contribution in [0.2, 0.25) is 0 Å². The third-order valence-electron chi connectivity index (χ3n) is 6.03. The predicted molar refractivity (Wildman–Crippen MR) is 148 cm³/mol. The van der Waals surface area contributed by atoms with Crippen molar-refractivity contribution >= 4 is 17.6 Å². The first-order valence-electron chi connectivity index (χ1n) is 12.5. The van der Waals surface area contributed by atoms with Crippen molar-refractivity contribution in [2.24, 2.45) is 0 Å². The van der Waals surface area contributed by atoms with Crippen molar-refractivity contribution in [3.05, 3.63) is 135 Å². The number of esters is 1. The molecule has 0 unspecified atom stereocenters. The number of carbonyl (C=O) groups excluding carboxylic acids is 2. The second kappa shape index (κ2) is 13.6. The van der Waals surface area contributed by atoms with Gasteiger partial charge in [0.1, 0.15) is 19.3 Å². The molecule has 0 radical (unpaired) electrons. The number of nitrogens with zero attached hydrogens (tertiary/aromatic N) is 1. The predicted octanol–water partition coefficient (Wildman–Crippen LogP) is 5.27. The van der Waals surface area contributed by atoms with Crippen molar-refractivity contribution in [1.29, 1.82) is 0 Å². The average molecular weight is 541 g/mol. The lowest BCUT2D eigenvalue weighted by atomic mass is 10.0. The Morgan fingerprint density at radius 2 is 1.40 bits per heavy atom. The molecule has 0 aromatic heterocycles. The van der Waals surface area contributed by atoms with Crippen LogP contribution in [0.5, 0.6) is 11.5 Å². The summed E-state index contributed by atoms with van der Waals surface area (Å²) in [5.74, 6) is -0.290. The number of non-ortho nitro benzene ring substituents is 1. The van der Waals surface area contributed by atoms with Gasteiger partial charge < -0.3 is 19.5 Å². The highest BCUT2D eigenvalue weighted by Crippen LogP contribution is 2.31. The van der Waals surface area contributed by atoms with Crippen molar-refractivity contribution in [3.63, 3.8) is 0 Å². The number of carbonyl (C=O) groups is 2. The molecular weight excluding hydrogens is 512 g/mol. The maximum atomic E-state index is 12.9. The van der Waals surface area contributed by atoms with E-state index in [1.54, 1.807) is 18.2 Å². The van der Waals surface area contributed by atoms with Crippen LogP contribution in [-0.2, 0) is 29.2 Å². The van der Waals surface area contributed by atoms with Gasteiger partial charge >= 0.3 is 5.97 Å². The highest BCUT2D eigenvalue weighted by Gasteiger charge is 2.24. The standard InChI is InChI=1S/C31H28N2O7/c1-38-31(35)27(32-30(34)25-13-8-14-26(19-25)33(36)37)17-24-15-16-28(39-20-22-9-4-2-5-10-22)29(18-24)40-21-23-11-6-3-7-12-23/h2-16,18-19,27H,17,20-21H2,1H3,(H,32,34)/t27-/m0/s1. The van der Waals surface area contributed by atoms with E-state index < -0.39 is 22.8 Å². The van der Waals surface area contributed by atoms with Crippen LogP contribution >= 0.6 is 0 Å². The second-order valence-corrected chi connectivity index (χ2v) is 8.89. The molecule has 0 fully saturated rings. The SMILES string of the molecule is COC(=O)[C@H](Cc1ccc(OCc2ccccc2)c(OCc2ccccc2)c1)NC(=O)c1cccc([N+](=O)[O-])c1. The lowest BCUT2D eigenvalue weighted by Gasteiger charge is -2.18. The molecular formula is C31H28N2O7. The molecule has 0 saturated carbocycles. The highest BCUT2D eigenvalue weighted by atomic mass is 16.6. The summed E-state index contributed by atoms with van der Waals surface area (Å²) in [4.78, 5) is 35.9. The van der Waals surface area contributed by atoms with Crippen molar-refractivity contribution in [2.45, 2.75) is 25.7 Å². The van der Waals surface area contributed by atoms with Gasteiger partial charge in [-0.1, -0.05) is 72.8 Å². The Hall–Kier alpha value is -5.18. The molecule has 204 valence electrons. The fourth-order valence-electron chi connectivity index (χ4n) is 3.96. The zero-order valence-corrected chi connectivity index (χ0v) is 21.8. The van der Waals surface area contributed by atoms with Crippen molar-refractivity contribution in [2.75, 3.05) is 7.11 Å². The Morgan fingerprint density at radius 1 is 0.775 bits per heavy atom. The number of nitro groups is 1. The van der Waals surface area contributed by atoms with Crippen LogP contribution in [0, 0.1) is 10.1 Å². The number of nitrogens with one attached hydrogen (secondary N) is 1. The van der Waals surface area contributed by atoms with E-state index in [2.05, 4.69) is 5.32 Å². The Kier molecular flexibility index (Phi) is 9.44. The fraction of sp³-hybridized carbons (Fsp3) is 0.161. The van der Waals surface area contributed by atoms with Gasteiger partial charge in [-0.3, -0.25) is 14.9 Å². The Balaban J connectivity index is 1.54. The molecule has 1 atom stereocenters. The van der Waals surface area contributed by atoms with E-state index in [1.807, 2.05) is 60.7 Å². The second-order valence-electron chi connectivity index (χ2n) is 8.89. The molecule has 4 rings (SSSR count). The molecule has 0 bridgehead atoms. The number of hydrogen-bond donors (Lipinski definition) is 1. The molecule has 0 saturated heterocycles. The van der Waals surface area contributed by atoms with E-state index in [0.717, 1.165) is 17.2 Å². The normalized spacial score (nSPS) is 11.2. The summed E-state index contributed by atoms with van der Waals surface area (Å²) < 4.78 is 17.1. The molecule has 0 heterocycles. The number of ether oxygens (including phenoxy) is 3. The molecule has 0 aliphatic carbocycles. The lowest BCUT2D eigenvalue weighted by Crippen LogP contribution is -2.43. The van der Waals surface area contributed by atoms with Crippen LogP contribution in [0.25, 0.3) is 0 Å². The van der Waals surface area contributed by atoms with E-state index in [9.17, 15) is 19.7 Å². The van der Waals surface area contributed by atoms with E-state index in [0.29, 0.717) is 30.3 Å². The molecule has 4 aromatic carbocycles. The fourth-order valence-corrected chi connectivity index (χ4v) is 3.96. The number of rotatable bonds is 12. The van der Waals surface area contributed by atoms with Crippen LogP contribution in [0.1, 0.15) is 27.0 Å². The minimum Gasteiger partial charge on any atom is -0.485 e. The third-order valence-corrected chi connectivity index (χ3v) is 6.03. The number of methoxy groups -OCH3 is 1. The van der Waals surface area contributed by atoms with Gasteiger partial charge in [0, 0.05) is 24.1 Å². The van der Waals surface area contributed by atoms with Gasteiger partial charge in [-0.25, -0.2) is 4.79 Å². The minimum atomic E-state index is -1.05. The molecule has 40 heavy (non-hydrogen) atoms. The Bertz CT molecular complexity index is 1460.